The van der Waals surface area contributed by atoms with E-state index in [9.17, 15) is 9.18 Å². The third kappa shape index (κ3) is 3.43. The molecule has 3 aromatic rings. The molecule has 1 N–H and O–H groups in total. The number of benzene rings is 2. The Morgan fingerprint density at radius 1 is 1.24 bits per heavy atom. The molecule has 0 unspecified atom stereocenters. The lowest BCUT2D eigenvalue weighted by molar-refractivity contribution is -0.131. The van der Waals surface area contributed by atoms with Gasteiger partial charge in [-0.1, -0.05) is 29.8 Å². The van der Waals surface area contributed by atoms with E-state index < -0.39 is 0 Å². The van der Waals surface area contributed by atoms with E-state index in [0.29, 0.717) is 19.0 Å². The van der Waals surface area contributed by atoms with Crippen molar-refractivity contribution in [2.45, 2.75) is 38.8 Å². The van der Waals surface area contributed by atoms with Gasteiger partial charge in [-0.3, -0.25) is 4.79 Å². The smallest absolute Gasteiger partial charge is 0.227 e. The number of rotatable bonds is 5. The summed E-state index contributed by atoms with van der Waals surface area (Å²) in [4.78, 5) is 18.0. The second-order valence-electron chi connectivity index (χ2n) is 6.92. The fourth-order valence-corrected chi connectivity index (χ4v) is 3.38. The molecule has 25 heavy (non-hydrogen) atoms. The summed E-state index contributed by atoms with van der Waals surface area (Å²) in [6.45, 7) is 2.70. The Kier molecular flexibility index (Phi) is 4.04. The highest BCUT2D eigenvalue weighted by Gasteiger charge is 2.32. The molecule has 2 aromatic carbocycles. The molecule has 3 nitrogen and oxygen atoms in total. The van der Waals surface area contributed by atoms with Crippen LogP contribution in [-0.2, 0) is 17.8 Å². The molecule has 4 rings (SSSR count). The Balaban J connectivity index is 1.55. The normalized spacial score (nSPS) is 14.0. The first-order valence-electron chi connectivity index (χ1n) is 8.71. The number of aromatic nitrogens is 1. The van der Waals surface area contributed by atoms with Gasteiger partial charge in [0, 0.05) is 29.7 Å². The minimum atomic E-state index is -0.278. The molecule has 1 heterocycles. The summed E-state index contributed by atoms with van der Waals surface area (Å²) in [6, 6.07) is 13.3. The molecule has 1 saturated carbocycles. The second kappa shape index (κ2) is 6.36. The molecule has 0 aliphatic heterocycles. The summed E-state index contributed by atoms with van der Waals surface area (Å²) in [5.74, 6) is -0.172. The van der Waals surface area contributed by atoms with Crippen LogP contribution < -0.4 is 0 Å². The highest BCUT2D eigenvalue weighted by molar-refractivity contribution is 5.89. The summed E-state index contributed by atoms with van der Waals surface area (Å²) < 4.78 is 13.5. The molecule has 1 fully saturated rings. The average molecular weight is 336 g/mol. The van der Waals surface area contributed by atoms with Crippen LogP contribution in [0.4, 0.5) is 4.39 Å². The zero-order valence-electron chi connectivity index (χ0n) is 14.3. The van der Waals surface area contributed by atoms with Crippen molar-refractivity contribution < 1.29 is 9.18 Å². The van der Waals surface area contributed by atoms with Gasteiger partial charge in [0.05, 0.1) is 6.42 Å². The first-order valence-corrected chi connectivity index (χ1v) is 8.71. The highest BCUT2D eigenvalue weighted by Crippen LogP contribution is 2.30. The van der Waals surface area contributed by atoms with Crippen molar-refractivity contribution in [3.05, 3.63) is 71.2 Å². The standard InChI is InChI=1S/C21H21FN2O/c1-14-3-2-4-15(9-14)13-24(18-6-7-18)21(25)10-16-12-23-20-8-5-17(22)11-19(16)20/h2-5,8-9,11-12,18,23H,6-7,10,13H2,1H3. The van der Waals surface area contributed by atoms with Gasteiger partial charge in [0.25, 0.3) is 0 Å². The van der Waals surface area contributed by atoms with Crippen molar-refractivity contribution in [2.75, 3.05) is 0 Å². The number of amides is 1. The predicted molar refractivity (Wildman–Crippen MR) is 96.7 cm³/mol. The van der Waals surface area contributed by atoms with Crippen LogP contribution in [0.15, 0.2) is 48.7 Å². The van der Waals surface area contributed by atoms with Gasteiger partial charge in [-0.15, -0.1) is 0 Å². The van der Waals surface area contributed by atoms with Crippen LogP contribution in [0.5, 0.6) is 0 Å². The number of fused-ring (bicyclic) bond motifs is 1. The van der Waals surface area contributed by atoms with Gasteiger partial charge in [0.1, 0.15) is 5.82 Å². The molecule has 4 heteroatoms. The third-order valence-electron chi connectivity index (χ3n) is 4.81. The van der Waals surface area contributed by atoms with Crippen molar-refractivity contribution in [3.8, 4) is 0 Å². The molecular weight excluding hydrogens is 315 g/mol. The molecule has 1 aromatic heterocycles. The fourth-order valence-electron chi connectivity index (χ4n) is 3.38. The van der Waals surface area contributed by atoms with Crippen LogP contribution in [0, 0.1) is 12.7 Å². The van der Waals surface area contributed by atoms with E-state index in [1.807, 2.05) is 17.2 Å². The maximum absolute atomic E-state index is 13.5. The lowest BCUT2D eigenvalue weighted by atomic mass is 10.1. The Morgan fingerprint density at radius 2 is 2.08 bits per heavy atom. The van der Waals surface area contributed by atoms with Gasteiger partial charge in [0.2, 0.25) is 5.91 Å². The first kappa shape index (κ1) is 15.9. The van der Waals surface area contributed by atoms with E-state index >= 15 is 0 Å². The van der Waals surface area contributed by atoms with E-state index in [0.717, 1.165) is 34.9 Å². The maximum atomic E-state index is 13.5. The fraction of sp³-hybridized carbons (Fsp3) is 0.286. The van der Waals surface area contributed by atoms with Crippen LogP contribution in [0.25, 0.3) is 10.9 Å². The number of carbonyl (C=O) groups is 1. The number of H-pyrrole nitrogens is 1. The topological polar surface area (TPSA) is 36.1 Å². The van der Waals surface area contributed by atoms with Gasteiger partial charge in [0.15, 0.2) is 0 Å². The number of aromatic amines is 1. The number of hydrogen-bond donors (Lipinski definition) is 1. The molecule has 0 bridgehead atoms. The van der Waals surface area contributed by atoms with Gasteiger partial charge < -0.3 is 9.88 Å². The third-order valence-corrected chi connectivity index (χ3v) is 4.81. The largest absolute Gasteiger partial charge is 0.361 e. The van der Waals surface area contributed by atoms with Gasteiger partial charge in [-0.2, -0.15) is 0 Å². The van der Waals surface area contributed by atoms with Crippen molar-refractivity contribution in [1.29, 1.82) is 0 Å². The second-order valence-corrected chi connectivity index (χ2v) is 6.92. The van der Waals surface area contributed by atoms with E-state index in [4.69, 9.17) is 0 Å². The molecule has 1 aliphatic rings. The summed E-state index contributed by atoms with van der Waals surface area (Å²) in [6.07, 6.45) is 4.26. The molecule has 1 amide bonds. The summed E-state index contributed by atoms with van der Waals surface area (Å²) in [7, 11) is 0. The van der Waals surface area contributed by atoms with Crippen LogP contribution in [0.1, 0.15) is 29.5 Å². The van der Waals surface area contributed by atoms with Crippen LogP contribution in [0.3, 0.4) is 0 Å². The zero-order valence-corrected chi connectivity index (χ0v) is 14.3. The number of hydrogen-bond acceptors (Lipinski definition) is 1. The highest BCUT2D eigenvalue weighted by atomic mass is 19.1. The Labute approximate surface area is 146 Å². The van der Waals surface area contributed by atoms with E-state index in [1.165, 1.54) is 17.7 Å². The Morgan fingerprint density at radius 3 is 2.84 bits per heavy atom. The minimum Gasteiger partial charge on any atom is -0.361 e. The zero-order chi connectivity index (χ0) is 17.4. The molecule has 0 radical (unpaired) electrons. The van der Waals surface area contributed by atoms with Crippen LogP contribution in [0.2, 0.25) is 0 Å². The molecule has 0 saturated heterocycles. The monoisotopic (exact) mass is 336 g/mol. The van der Waals surface area contributed by atoms with Crippen molar-refractivity contribution in [2.24, 2.45) is 0 Å². The van der Waals surface area contributed by atoms with Crippen LogP contribution >= 0.6 is 0 Å². The molecule has 128 valence electrons. The Bertz CT molecular complexity index is 927. The molecule has 1 aliphatic carbocycles. The van der Waals surface area contributed by atoms with Gasteiger partial charge in [-0.25, -0.2) is 4.39 Å². The van der Waals surface area contributed by atoms with Crippen molar-refractivity contribution >= 4 is 16.8 Å². The van der Waals surface area contributed by atoms with E-state index in [1.54, 1.807) is 6.07 Å². The number of halogens is 1. The Hall–Kier alpha value is -2.62. The molecule has 0 spiro atoms. The quantitative estimate of drug-likeness (QED) is 0.739. The molecule has 0 atom stereocenters. The summed E-state index contributed by atoms with van der Waals surface area (Å²) in [5.41, 5.74) is 4.08. The predicted octanol–water partition coefficient (Wildman–Crippen LogP) is 4.35. The number of aryl methyl sites for hydroxylation is 1. The summed E-state index contributed by atoms with van der Waals surface area (Å²) in [5, 5.41) is 0.791. The van der Waals surface area contributed by atoms with Crippen molar-refractivity contribution in [1.82, 2.24) is 9.88 Å². The SMILES string of the molecule is Cc1cccc(CN(C(=O)Cc2c[nH]c3ccc(F)cc23)C2CC2)c1. The van der Waals surface area contributed by atoms with E-state index in [2.05, 4.69) is 30.1 Å². The average Bonchev–Trinajstić information content (AvgIpc) is 3.35. The number of carbonyl (C=O) groups excluding carboxylic acids is 1. The van der Waals surface area contributed by atoms with Gasteiger partial charge >= 0.3 is 0 Å². The van der Waals surface area contributed by atoms with E-state index in [-0.39, 0.29) is 11.7 Å². The maximum Gasteiger partial charge on any atom is 0.227 e. The summed E-state index contributed by atoms with van der Waals surface area (Å²) >= 11 is 0. The van der Waals surface area contributed by atoms with Gasteiger partial charge in [-0.05, 0) is 49.1 Å². The lowest BCUT2D eigenvalue weighted by Crippen LogP contribution is -2.33. The number of nitrogens with zero attached hydrogens (tertiary/aromatic N) is 1. The van der Waals surface area contributed by atoms with Crippen molar-refractivity contribution in [3.63, 3.8) is 0 Å². The lowest BCUT2D eigenvalue weighted by Gasteiger charge is -2.23. The molecular formula is C21H21FN2O. The van der Waals surface area contributed by atoms with Crippen LogP contribution in [-0.4, -0.2) is 21.8 Å². The number of nitrogens with one attached hydrogen (secondary N) is 1. The first-order chi connectivity index (χ1) is 12.1. The minimum absolute atomic E-state index is 0.106.